The van der Waals surface area contributed by atoms with E-state index in [0.29, 0.717) is 25.6 Å². The number of piperidine rings is 1. The van der Waals surface area contributed by atoms with Crippen LogP contribution in [0.25, 0.3) is 0 Å². The fourth-order valence-electron chi connectivity index (χ4n) is 2.30. The van der Waals surface area contributed by atoms with Crippen molar-refractivity contribution >= 4 is 28.0 Å². The van der Waals surface area contributed by atoms with Crippen LogP contribution in [-0.2, 0) is 14.3 Å². The lowest BCUT2D eigenvalue weighted by atomic mass is 9.92. The molecule has 0 N–H and O–H groups in total. The minimum Gasteiger partial charge on any atom is -0.465 e. The third-order valence-electron chi connectivity index (χ3n) is 3.35. The lowest BCUT2D eigenvalue weighted by Crippen LogP contribution is -2.42. The highest BCUT2D eigenvalue weighted by molar-refractivity contribution is 9.10. The van der Waals surface area contributed by atoms with Gasteiger partial charge in [0, 0.05) is 13.1 Å². The first-order valence-electron chi connectivity index (χ1n) is 7.51. The molecule has 1 aliphatic heterocycles. The molecule has 0 bridgehead atoms. The summed E-state index contributed by atoms with van der Waals surface area (Å²) in [4.78, 5) is 25.0. The molecule has 1 atom stereocenters. The summed E-state index contributed by atoms with van der Waals surface area (Å²) >= 11 is 3.38. The van der Waals surface area contributed by atoms with Gasteiger partial charge in [0.15, 0.2) is 0 Å². The van der Waals surface area contributed by atoms with E-state index < -0.39 is 5.60 Å². The zero-order valence-electron chi connectivity index (χ0n) is 13.4. The number of rotatable bonds is 4. The Labute approximate surface area is 135 Å². The smallest absolute Gasteiger partial charge is 0.410 e. The van der Waals surface area contributed by atoms with Gasteiger partial charge in [0.2, 0.25) is 0 Å². The van der Waals surface area contributed by atoms with Gasteiger partial charge >= 0.3 is 12.1 Å². The second-order valence-corrected chi connectivity index (χ2v) is 7.47. The van der Waals surface area contributed by atoms with Crippen molar-refractivity contribution in [1.82, 2.24) is 4.90 Å². The van der Waals surface area contributed by atoms with E-state index in [4.69, 9.17) is 9.47 Å². The topological polar surface area (TPSA) is 55.8 Å². The fourth-order valence-corrected chi connectivity index (χ4v) is 2.96. The van der Waals surface area contributed by atoms with Gasteiger partial charge in [0.1, 0.15) is 10.4 Å². The highest BCUT2D eigenvalue weighted by Gasteiger charge is 2.29. The maximum absolute atomic E-state index is 12.0. The summed E-state index contributed by atoms with van der Waals surface area (Å²) in [5.41, 5.74) is -0.460. The Morgan fingerprint density at radius 2 is 1.86 bits per heavy atom. The monoisotopic (exact) mass is 363 g/mol. The zero-order valence-corrected chi connectivity index (χ0v) is 14.9. The van der Waals surface area contributed by atoms with Crippen LogP contribution in [0.5, 0.6) is 0 Å². The molecule has 122 valence electrons. The summed E-state index contributed by atoms with van der Waals surface area (Å²) in [6, 6.07) is 0. The molecule has 21 heavy (non-hydrogen) atoms. The van der Waals surface area contributed by atoms with Gasteiger partial charge in [-0.1, -0.05) is 15.9 Å². The van der Waals surface area contributed by atoms with Gasteiger partial charge in [-0.2, -0.15) is 0 Å². The highest BCUT2D eigenvalue weighted by Crippen LogP contribution is 2.26. The summed E-state index contributed by atoms with van der Waals surface area (Å²) in [6.45, 7) is 9.17. The highest BCUT2D eigenvalue weighted by atomic mass is 79.9. The number of alkyl halides is 1. The van der Waals surface area contributed by atoms with Crippen LogP contribution in [0.2, 0.25) is 0 Å². The summed E-state index contributed by atoms with van der Waals surface area (Å²) in [5.74, 6) is 0.226. The van der Waals surface area contributed by atoms with Gasteiger partial charge in [0.05, 0.1) is 6.61 Å². The van der Waals surface area contributed by atoms with E-state index in [9.17, 15) is 9.59 Å². The largest absolute Gasteiger partial charge is 0.465 e. The molecule has 0 aromatic heterocycles. The molecule has 1 amide bonds. The molecule has 1 fully saturated rings. The van der Waals surface area contributed by atoms with E-state index in [1.165, 1.54) is 0 Å². The first kappa shape index (κ1) is 18.3. The van der Waals surface area contributed by atoms with Crippen molar-refractivity contribution in [3.8, 4) is 0 Å². The summed E-state index contributed by atoms with van der Waals surface area (Å²) in [6.07, 6.45) is 2.28. The average Bonchev–Trinajstić information content (AvgIpc) is 2.37. The van der Waals surface area contributed by atoms with Crippen molar-refractivity contribution < 1.29 is 19.1 Å². The third-order valence-corrected chi connectivity index (χ3v) is 4.10. The van der Waals surface area contributed by atoms with Crippen LogP contribution in [0.1, 0.15) is 47.0 Å². The van der Waals surface area contributed by atoms with Gasteiger partial charge in [-0.15, -0.1) is 0 Å². The third kappa shape index (κ3) is 6.68. The second kappa shape index (κ2) is 8.01. The number of carbonyl (C=O) groups excluding carboxylic acids is 2. The van der Waals surface area contributed by atoms with Crippen LogP contribution in [0.3, 0.4) is 0 Å². The Morgan fingerprint density at radius 1 is 1.29 bits per heavy atom. The Morgan fingerprint density at radius 3 is 2.33 bits per heavy atom. The van der Waals surface area contributed by atoms with Gasteiger partial charge in [-0.05, 0) is 52.9 Å². The van der Waals surface area contributed by atoms with Crippen molar-refractivity contribution in [2.24, 2.45) is 5.92 Å². The minimum atomic E-state index is -0.460. The number of carbonyl (C=O) groups is 2. The molecule has 1 aliphatic rings. The number of likely N-dealkylation sites (tertiary alicyclic amines) is 1. The Hall–Kier alpha value is -0.780. The number of hydrogen-bond donors (Lipinski definition) is 0. The van der Waals surface area contributed by atoms with Crippen LogP contribution < -0.4 is 0 Å². The summed E-state index contributed by atoms with van der Waals surface area (Å²) in [7, 11) is 0. The van der Waals surface area contributed by atoms with E-state index in [1.54, 1.807) is 11.8 Å². The van der Waals surface area contributed by atoms with Crippen molar-refractivity contribution in [1.29, 1.82) is 0 Å². The Bertz CT molecular complexity index is 359. The van der Waals surface area contributed by atoms with Gasteiger partial charge in [0.25, 0.3) is 0 Å². The molecule has 0 aromatic rings. The molecule has 0 aromatic carbocycles. The number of ether oxygens (including phenoxy) is 2. The van der Waals surface area contributed by atoms with E-state index in [-0.39, 0.29) is 16.9 Å². The second-order valence-electron chi connectivity index (χ2n) is 6.37. The molecule has 6 heteroatoms. The zero-order chi connectivity index (χ0) is 16.0. The quantitative estimate of drug-likeness (QED) is 0.567. The number of esters is 1. The van der Waals surface area contributed by atoms with Crippen molar-refractivity contribution in [3.63, 3.8) is 0 Å². The van der Waals surface area contributed by atoms with Gasteiger partial charge < -0.3 is 14.4 Å². The van der Waals surface area contributed by atoms with Crippen LogP contribution >= 0.6 is 15.9 Å². The van der Waals surface area contributed by atoms with E-state index in [1.807, 2.05) is 20.8 Å². The predicted octanol–water partition coefficient (Wildman–Crippen LogP) is 3.35. The number of halogens is 1. The molecule has 1 heterocycles. The van der Waals surface area contributed by atoms with Crippen LogP contribution in [0.4, 0.5) is 4.79 Å². The van der Waals surface area contributed by atoms with Crippen LogP contribution in [0.15, 0.2) is 0 Å². The molecule has 0 radical (unpaired) electrons. The average molecular weight is 364 g/mol. The fraction of sp³-hybridized carbons (Fsp3) is 0.867. The van der Waals surface area contributed by atoms with Crippen LogP contribution in [0, 0.1) is 5.92 Å². The first-order chi connectivity index (χ1) is 9.73. The molecule has 0 spiro atoms. The summed E-state index contributed by atoms with van der Waals surface area (Å²) in [5, 5.41) is 0. The van der Waals surface area contributed by atoms with Crippen molar-refractivity contribution in [2.75, 3.05) is 19.7 Å². The molecule has 0 saturated carbocycles. The molecule has 1 unspecified atom stereocenters. The molecular weight excluding hydrogens is 338 g/mol. The molecule has 5 nitrogen and oxygen atoms in total. The standard InChI is InChI=1S/C15H26BrNO4/c1-5-20-13(18)12(16)10-11-6-8-17(9-7-11)14(19)21-15(2,3)4/h11-12H,5-10H2,1-4H3. The van der Waals surface area contributed by atoms with Crippen LogP contribution in [-0.4, -0.2) is 47.1 Å². The number of amides is 1. The van der Waals surface area contributed by atoms with Crippen molar-refractivity contribution in [3.05, 3.63) is 0 Å². The number of hydrogen-bond acceptors (Lipinski definition) is 4. The van der Waals surface area contributed by atoms with E-state index in [0.717, 1.165) is 19.3 Å². The molecule has 1 rings (SSSR count). The molecule has 1 saturated heterocycles. The first-order valence-corrected chi connectivity index (χ1v) is 8.43. The maximum atomic E-state index is 12.0. The van der Waals surface area contributed by atoms with Crippen molar-refractivity contribution in [2.45, 2.75) is 57.4 Å². The van der Waals surface area contributed by atoms with Gasteiger partial charge in [-0.25, -0.2) is 4.79 Å². The normalized spacial score (nSPS) is 18.2. The Balaban J connectivity index is 2.35. The van der Waals surface area contributed by atoms with Gasteiger partial charge in [-0.3, -0.25) is 4.79 Å². The van der Waals surface area contributed by atoms with E-state index in [2.05, 4.69) is 15.9 Å². The summed E-state index contributed by atoms with van der Waals surface area (Å²) < 4.78 is 10.4. The lowest BCUT2D eigenvalue weighted by molar-refractivity contribution is -0.142. The number of nitrogens with zero attached hydrogens (tertiary/aromatic N) is 1. The minimum absolute atomic E-state index is 0.202. The lowest BCUT2D eigenvalue weighted by Gasteiger charge is -2.33. The molecular formula is C15H26BrNO4. The maximum Gasteiger partial charge on any atom is 0.410 e. The Kier molecular flexibility index (Phi) is 6.97. The molecule has 0 aliphatic carbocycles. The predicted molar refractivity (Wildman–Crippen MR) is 84.5 cm³/mol. The SMILES string of the molecule is CCOC(=O)C(Br)CC1CCN(C(=O)OC(C)(C)C)CC1. The van der Waals surface area contributed by atoms with E-state index >= 15 is 0 Å².